The first kappa shape index (κ1) is 17.1. The Hall–Kier alpha value is -1.78. The first-order chi connectivity index (χ1) is 11.6. The van der Waals surface area contributed by atoms with Gasteiger partial charge in [-0.25, -0.2) is 0 Å². The van der Waals surface area contributed by atoms with Gasteiger partial charge in [-0.15, -0.1) is 0 Å². The number of nitrogens with zero attached hydrogens (tertiary/aromatic N) is 3. The van der Waals surface area contributed by atoms with E-state index in [0.29, 0.717) is 6.04 Å². The van der Waals surface area contributed by atoms with Crippen molar-refractivity contribution in [3.8, 4) is 0 Å². The summed E-state index contributed by atoms with van der Waals surface area (Å²) in [6.07, 6.45) is 1.87. The van der Waals surface area contributed by atoms with E-state index in [1.165, 1.54) is 5.56 Å². The molecule has 3 rings (SSSR count). The number of pyridine rings is 1. The third kappa shape index (κ3) is 2.85. The van der Waals surface area contributed by atoms with Crippen molar-refractivity contribution in [1.29, 1.82) is 0 Å². The fraction of sp³-hybridized carbons (Fsp3) is 0.400. The molecule has 0 bridgehead atoms. The van der Waals surface area contributed by atoms with Crippen LogP contribution in [-0.4, -0.2) is 45.6 Å². The van der Waals surface area contributed by atoms with Crippen LogP contribution < -0.4 is 0 Å². The van der Waals surface area contributed by atoms with Crippen LogP contribution in [0.1, 0.15) is 32.0 Å². The van der Waals surface area contributed by atoms with Crippen LogP contribution in [0, 0.1) is 0 Å². The van der Waals surface area contributed by atoms with Gasteiger partial charge in [-0.3, -0.25) is 9.88 Å². The predicted octanol–water partition coefficient (Wildman–Crippen LogP) is 3.70. The highest BCUT2D eigenvalue weighted by Gasteiger charge is 2.47. The second-order valence-electron chi connectivity index (χ2n) is 6.63. The van der Waals surface area contributed by atoms with Crippen molar-refractivity contribution < 1.29 is 0 Å². The molecule has 0 saturated carbocycles. The van der Waals surface area contributed by atoms with Gasteiger partial charge in [0.15, 0.2) is 0 Å². The molecule has 0 N–H and O–H groups in total. The molecule has 1 atom stereocenters. The minimum Gasteiger partial charge on any atom is -0.352 e. The normalized spacial score (nSPS) is 22.2. The van der Waals surface area contributed by atoms with E-state index in [0.717, 1.165) is 30.4 Å². The molecule has 0 aliphatic carbocycles. The maximum Gasteiger partial charge on any atom is 0.100 e. The highest BCUT2D eigenvalue weighted by atomic mass is 32.1. The predicted molar refractivity (Wildman–Crippen MR) is 103 cm³/mol. The Morgan fingerprint density at radius 1 is 1.12 bits per heavy atom. The van der Waals surface area contributed by atoms with Gasteiger partial charge in [0.05, 0.1) is 17.4 Å². The molecule has 1 aromatic heterocycles. The number of aromatic nitrogens is 1. The highest BCUT2D eigenvalue weighted by molar-refractivity contribution is 7.80. The topological polar surface area (TPSA) is 19.4 Å². The maximum absolute atomic E-state index is 6.02. The summed E-state index contributed by atoms with van der Waals surface area (Å²) >= 11 is 6.02. The van der Waals surface area contributed by atoms with Crippen molar-refractivity contribution in [2.75, 3.05) is 19.8 Å². The summed E-state index contributed by atoms with van der Waals surface area (Å²) < 4.78 is 0. The van der Waals surface area contributed by atoms with Crippen LogP contribution in [0.3, 0.4) is 0 Å². The lowest BCUT2D eigenvalue weighted by Crippen LogP contribution is -2.62. The molecule has 1 aromatic carbocycles. The molecule has 1 saturated heterocycles. The molecule has 24 heavy (non-hydrogen) atoms. The van der Waals surface area contributed by atoms with Gasteiger partial charge in [-0.1, -0.05) is 48.6 Å². The molecule has 1 aliphatic rings. The van der Waals surface area contributed by atoms with Gasteiger partial charge in [-0.2, -0.15) is 0 Å². The molecule has 0 amide bonds. The van der Waals surface area contributed by atoms with Gasteiger partial charge in [0, 0.05) is 25.3 Å². The second kappa shape index (κ2) is 6.99. The monoisotopic (exact) mass is 339 g/mol. The molecule has 0 radical (unpaired) electrons. The Balaban J connectivity index is 2.21. The summed E-state index contributed by atoms with van der Waals surface area (Å²) in [4.78, 5) is 10.5. The van der Waals surface area contributed by atoms with Gasteiger partial charge >= 0.3 is 0 Å². The van der Waals surface area contributed by atoms with Gasteiger partial charge < -0.3 is 4.90 Å². The standard InChI is InChI=1S/C20H25N3S/c1-4-22-15-23(16(2)3)14-20(19(22)24,17-10-6-5-7-11-17)18-12-8-9-13-21-18/h5-13,16H,4,14-15H2,1-3H3. The number of likely N-dealkylation sites (N-methyl/N-ethyl adjacent to an activating group) is 1. The Labute approximate surface area is 150 Å². The van der Waals surface area contributed by atoms with Crippen molar-refractivity contribution >= 4 is 17.2 Å². The zero-order chi connectivity index (χ0) is 17.2. The molecule has 3 nitrogen and oxygen atoms in total. The fourth-order valence-corrected chi connectivity index (χ4v) is 3.93. The Morgan fingerprint density at radius 2 is 1.83 bits per heavy atom. The third-order valence-corrected chi connectivity index (χ3v) is 5.53. The van der Waals surface area contributed by atoms with Gasteiger partial charge in [-0.05, 0) is 38.5 Å². The van der Waals surface area contributed by atoms with Gasteiger partial charge in [0.1, 0.15) is 5.41 Å². The SMILES string of the molecule is CCN1CN(C(C)C)CC(c2ccccc2)(c2ccccn2)C1=S. The van der Waals surface area contributed by atoms with Gasteiger partial charge in [0.2, 0.25) is 0 Å². The first-order valence-corrected chi connectivity index (χ1v) is 9.01. The molecule has 4 heteroatoms. The van der Waals surface area contributed by atoms with Crippen LogP contribution in [0.25, 0.3) is 0 Å². The average Bonchev–Trinajstić information content (AvgIpc) is 2.63. The molecule has 1 aliphatic heterocycles. The lowest BCUT2D eigenvalue weighted by Gasteiger charge is -2.50. The quantitative estimate of drug-likeness (QED) is 0.791. The Kier molecular flexibility index (Phi) is 4.97. The van der Waals surface area contributed by atoms with Crippen molar-refractivity contribution in [1.82, 2.24) is 14.8 Å². The van der Waals surface area contributed by atoms with E-state index in [1.54, 1.807) is 0 Å². The first-order valence-electron chi connectivity index (χ1n) is 8.60. The number of hydrogen-bond acceptors (Lipinski definition) is 3. The van der Waals surface area contributed by atoms with Crippen LogP contribution in [-0.2, 0) is 5.41 Å². The summed E-state index contributed by atoms with van der Waals surface area (Å²) in [7, 11) is 0. The zero-order valence-electron chi connectivity index (χ0n) is 14.6. The van der Waals surface area contributed by atoms with Gasteiger partial charge in [0.25, 0.3) is 0 Å². The van der Waals surface area contributed by atoms with Crippen LogP contribution in [0.4, 0.5) is 0 Å². The molecule has 2 aromatic rings. The molecule has 126 valence electrons. The van der Waals surface area contributed by atoms with E-state index in [2.05, 4.69) is 73.0 Å². The third-order valence-electron chi connectivity index (χ3n) is 4.93. The summed E-state index contributed by atoms with van der Waals surface area (Å²) in [6.45, 7) is 9.32. The van der Waals surface area contributed by atoms with Crippen molar-refractivity contribution in [2.45, 2.75) is 32.2 Å². The van der Waals surface area contributed by atoms with E-state index in [9.17, 15) is 0 Å². The Morgan fingerprint density at radius 3 is 2.42 bits per heavy atom. The number of benzene rings is 1. The molecule has 1 fully saturated rings. The van der Waals surface area contributed by atoms with Crippen LogP contribution in [0.15, 0.2) is 54.7 Å². The second-order valence-corrected chi connectivity index (χ2v) is 7.02. The summed E-state index contributed by atoms with van der Waals surface area (Å²) in [5, 5.41) is 0. The van der Waals surface area contributed by atoms with Crippen LogP contribution in [0.2, 0.25) is 0 Å². The number of thiocarbonyl (C=S) groups is 1. The largest absolute Gasteiger partial charge is 0.352 e. The Bertz CT molecular complexity index is 645. The minimum absolute atomic E-state index is 0.379. The molecule has 2 heterocycles. The van der Waals surface area contributed by atoms with E-state index in [1.807, 2.05) is 12.3 Å². The zero-order valence-corrected chi connectivity index (χ0v) is 15.5. The number of rotatable bonds is 4. The van der Waals surface area contributed by atoms with Crippen molar-refractivity contribution in [3.63, 3.8) is 0 Å². The lowest BCUT2D eigenvalue weighted by molar-refractivity contribution is 0.108. The molecule has 0 spiro atoms. The summed E-state index contributed by atoms with van der Waals surface area (Å²) in [5.41, 5.74) is 1.87. The van der Waals surface area contributed by atoms with Crippen molar-refractivity contribution in [2.24, 2.45) is 0 Å². The minimum atomic E-state index is -0.379. The fourth-order valence-electron chi connectivity index (χ4n) is 3.46. The molecular formula is C20H25N3S. The molecular weight excluding hydrogens is 314 g/mol. The summed E-state index contributed by atoms with van der Waals surface area (Å²) in [6, 6.07) is 17.2. The highest BCUT2D eigenvalue weighted by Crippen LogP contribution is 2.38. The van der Waals surface area contributed by atoms with E-state index < -0.39 is 0 Å². The van der Waals surface area contributed by atoms with E-state index in [-0.39, 0.29) is 5.41 Å². The van der Waals surface area contributed by atoms with E-state index in [4.69, 9.17) is 17.2 Å². The van der Waals surface area contributed by atoms with Crippen LogP contribution >= 0.6 is 12.2 Å². The molecule has 1 unspecified atom stereocenters. The maximum atomic E-state index is 6.02. The van der Waals surface area contributed by atoms with Crippen LogP contribution in [0.5, 0.6) is 0 Å². The smallest absolute Gasteiger partial charge is 0.100 e. The van der Waals surface area contributed by atoms with Crippen molar-refractivity contribution in [3.05, 3.63) is 66.0 Å². The average molecular weight is 340 g/mol. The number of hydrogen-bond donors (Lipinski definition) is 0. The lowest BCUT2D eigenvalue weighted by atomic mass is 9.74. The van der Waals surface area contributed by atoms with E-state index >= 15 is 0 Å². The summed E-state index contributed by atoms with van der Waals surface area (Å²) in [5.74, 6) is 0.